The molecule has 86 valence electrons. The first-order valence-electron chi connectivity index (χ1n) is 5.24. The molecule has 0 aliphatic heterocycles. The monoisotopic (exact) mass is 235 g/mol. The van der Waals surface area contributed by atoms with Crippen LogP contribution in [0.5, 0.6) is 0 Å². The number of nitrogens with one attached hydrogen (secondary N) is 2. The van der Waals surface area contributed by atoms with E-state index in [0.717, 1.165) is 5.56 Å². The third-order valence-corrected chi connectivity index (χ3v) is 2.09. The molecule has 0 heterocycles. The maximum Gasteiger partial charge on any atom is 0.187 e. The summed E-state index contributed by atoms with van der Waals surface area (Å²) in [5.41, 5.74) is 5.05. The molecule has 0 saturated carbocycles. The Kier molecular flexibility index (Phi) is 4.92. The summed E-state index contributed by atoms with van der Waals surface area (Å²) < 4.78 is 0. The Morgan fingerprint density at radius 3 is 2.50 bits per heavy atom. The van der Waals surface area contributed by atoms with Gasteiger partial charge in [-0.3, -0.25) is 5.43 Å². The second-order valence-electron chi connectivity index (χ2n) is 3.91. The van der Waals surface area contributed by atoms with Gasteiger partial charge in [0.2, 0.25) is 0 Å². The molecule has 0 aliphatic carbocycles. The van der Waals surface area contributed by atoms with E-state index in [9.17, 15) is 0 Å². The molecule has 1 aromatic carbocycles. The average Bonchev–Trinajstić information content (AvgIpc) is 2.20. The molecule has 0 aromatic heterocycles. The Balaban J connectivity index is 2.43. The van der Waals surface area contributed by atoms with Crippen LogP contribution in [0.15, 0.2) is 29.4 Å². The molecule has 0 saturated heterocycles. The standard InChI is InChI=1S/C12H17N3S/c1-9(2)14-12(16)15-13-8-11-6-4-10(3)5-7-11/h4-9H,1-3H3,(H2,14,15,16)/b13-8+. The van der Waals surface area contributed by atoms with Gasteiger partial charge in [-0.2, -0.15) is 5.10 Å². The summed E-state index contributed by atoms with van der Waals surface area (Å²) in [5, 5.41) is 7.63. The minimum Gasteiger partial charge on any atom is -0.359 e. The van der Waals surface area contributed by atoms with Gasteiger partial charge in [0, 0.05) is 6.04 Å². The van der Waals surface area contributed by atoms with E-state index < -0.39 is 0 Å². The van der Waals surface area contributed by atoms with E-state index in [1.165, 1.54) is 5.56 Å². The number of aryl methyl sites for hydroxylation is 1. The van der Waals surface area contributed by atoms with Crippen molar-refractivity contribution < 1.29 is 0 Å². The van der Waals surface area contributed by atoms with Crippen molar-refractivity contribution in [1.82, 2.24) is 10.7 Å². The molecule has 4 heteroatoms. The van der Waals surface area contributed by atoms with Crippen LogP contribution in [0.25, 0.3) is 0 Å². The van der Waals surface area contributed by atoms with Gasteiger partial charge in [0.1, 0.15) is 0 Å². The van der Waals surface area contributed by atoms with Crippen LogP contribution in [0.4, 0.5) is 0 Å². The fraction of sp³-hybridized carbons (Fsp3) is 0.333. The number of thiocarbonyl (C=S) groups is 1. The molecule has 1 rings (SSSR count). The summed E-state index contributed by atoms with van der Waals surface area (Å²) in [6.45, 7) is 6.11. The minimum absolute atomic E-state index is 0.314. The molecule has 3 nitrogen and oxygen atoms in total. The van der Waals surface area contributed by atoms with Crippen LogP contribution in [0, 0.1) is 6.92 Å². The Labute approximate surface area is 102 Å². The molecule has 16 heavy (non-hydrogen) atoms. The van der Waals surface area contributed by atoms with E-state index in [1.807, 2.05) is 38.1 Å². The molecule has 0 unspecified atom stereocenters. The number of hydrogen-bond donors (Lipinski definition) is 2. The summed E-state index contributed by atoms with van der Waals surface area (Å²) in [7, 11) is 0. The van der Waals surface area contributed by atoms with Crippen molar-refractivity contribution in [2.75, 3.05) is 0 Å². The van der Waals surface area contributed by atoms with Crippen LogP contribution in [-0.4, -0.2) is 17.4 Å². The minimum atomic E-state index is 0.314. The number of benzene rings is 1. The van der Waals surface area contributed by atoms with Gasteiger partial charge in [0.15, 0.2) is 5.11 Å². The first-order valence-corrected chi connectivity index (χ1v) is 5.65. The molecule has 0 atom stereocenters. The molecule has 0 bridgehead atoms. The van der Waals surface area contributed by atoms with Gasteiger partial charge in [-0.25, -0.2) is 0 Å². The maximum absolute atomic E-state index is 5.03. The lowest BCUT2D eigenvalue weighted by atomic mass is 10.2. The first-order chi connectivity index (χ1) is 7.58. The Morgan fingerprint density at radius 1 is 1.31 bits per heavy atom. The summed E-state index contributed by atoms with van der Waals surface area (Å²) >= 11 is 5.03. The zero-order valence-corrected chi connectivity index (χ0v) is 10.6. The van der Waals surface area contributed by atoms with Crippen molar-refractivity contribution >= 4 is 23.5 Å². The summed E-state index contributed by atoms with van der Waals surface area (Å²) in [6, 6.07) is 8.44. The van der Waals surface area contributed by atoms with Crippen molar-refractivity contribution in [3.05, 3.63) is 35.4 Å². The molecule has 0 fully saturated rings. The molecule has 0 amide bonds. The van der Waals surface area contributed by atoms with Gasteiger partial charge >= 0.3 is 0 Å². The van der Waals surface area contributed by atoms with Crippen molar-refractivity contribution in [3.8, 4) is 0 Å². The Morgan fingerprint density at radius 2 is 1.94 bits per heavy atom. The highest BCUT2D eigenvalue weighted by Gasteiger charge is 1.94. The van der Waals surface area contributed by atoms with Crippen LogP contribution in [0.3, 0.4) is 0 Å². The average molecular weight is 235 g/mol. The molecule has 0 spiro atoms. The SMILES string of the molecule is Cc1ccc(/C=N/NC(=S)NC(C)C)cc1. The lowest BCUT2D eigenvalue weighted by molar-refractivity contribution is 0.720. The maximum atomic E-state index is 5.03. The highest BCUT2D eigenvalue weighted by molar-refractivity contribution is 7.80. The number of rotatable bonds is 3. The fourth-order valence-electron chi connectivity index (χ4n) is 1.11. The lowest BCUT2D eigenvalue weighted by Crippen LogP contribution is -2.36. The van der Waals surface area contributed by atoms with Crippen LogP contribution in [0.2, 0.25) is 0 Å². The van der Waals surface area contributed by atoms with Gasteiger partial charge in [0.05, 0.1) is 6.21 Å². The second kappa shape index (κ2) is 6.23. The molecular formula is C12H17N3S. The Hall–Kier alpha value is -1.42. The predicted octanol–water partition coefficient (Wildman–Crippen LogP) is 2.20. The zero-order valence-electron chi connectivity index (χ0n) is 9.82. The molecule has 0 aliphatic rings. The normalized spacial score (nSPS) is 10.8. The van der Waals surface area contributed by atoms with E-state index in [1.54, 1.807) is 6.21 Å². The van der Waals surface area contributed by atoms with Crippen molar-refractivity contribution in [3.63, 3.8) is 0 Å². The summed E-state index contributed by atoms with van der Waals surface area (Å²) in [4.78, 5) is 0. The third kappa shape index (κ3) is 4.89. The van der Waals surface area contributed by atoms with E-state index >= 15 is 0 Å². The summed E-state index contributed by atoms with van der Waals surface area (Å²) in [5.74, 6) is 0. The predicted molar refractivity (Wildman–Crippen MR) is 72.8 cm³/mol. The van der Waals surface area contributed by atoms with Crippen LogP contribution < -0.4 is 10.7 Å². The molecule has 1 aromatic rings. The second-order valence-corrected chi connectivity index (χ2v) is 4.32. The van der Waals surface area contributed by atoms with Gasteiger partial charge in [-0.1, -0.05) is 29.8 Å². The van der Waals surface area contributed by atoms with E-state index in [-0.39, 0.29) is 0 Å². The van der Waals surface area contributed by atoms with Crippen molar-refractivity contribution in [1.29, 1.82) is 0 Å². The molecule has 2 N–H and O–H groups in total. The zero-order chi connectivity index (χ0) is 12.0. The van der Waals surface area contributed by atoms with Crippen molar-refractivity contribution in [2.45, 2.75) is 26.8 Å². The third-order valence-electron chi connectivity index (χ3n) is 1.88. The quantitative estimate of drug-likeness (QED) is 0.479. The van der Waals surface area contributed by atoms with Gasteiger partial charge in [-0.15, -0.1) is 0 Å². The largest absolute Gasteiger partial charge is 0.359 e. The number of nitrogens with zero attached hydrogens (tertiary/aromatic N) is 1. The van der Waals surface area contributed by atoms with E-state index in [0.29, 0.717) is 11.2 Å². The van der Waals surface area contributed by atoms with Crippen molar-refractivity contribution in [2.24, 2.45) is 5.10 Å². The van der Waals surface area contributed by atoms with Gasteiger partial charge < -0.3 is 5.32 Å². The highest BCUT2D eigenvalue weighted by Crippen LogP contribution is 1.99. The van der Waals surface area contributed by atoms with Gasteiger partial charge in [-0.05, 0) is 38.6 Å². The van der Waals surface area contributed by atoms with Crippen LogP contribution in [0.1, 0.15) is 25.0 Å². The highest BCUT2D eigenvalue weighted by atomic mass is 32.1. The van der Waals surface area contributed by atoms with Crippen LogP contribution in [-0.2, 0) is 0 Å². The van der Waals surface area contributed by atoms with E-state index in [2.05, 4.69) is 22.8 Å². The molecular weight excluding hydrogens is 218 g/mol. The molecule has 0 radical (unpaired) electrons. The number of hydrazone groups is 1. The fourth-order valence-corrected chi connectivity index (χ4v) is 1.40. The lowest BCUT2D eigenvalue weighted by Gasteiger charge is -2.09. The summed E-state index contributed by atoms with van der Waals surface area (Å²) in [6.07, 6.45) is 1.74. The smallest absolute Gasteiger partial charge is 0.187 e. The Bertz CT molecular complexity index is 368. The van der Waals surface area contributed by atoms with Crippen LogP contribution >= 0.6 is 12.2 Å². The topological polar surface area (TPSA) is 36.4 Å². The van der Waals surface area contributed by atoms with Gasteiger partial charge in [0.25, 0.3) is 0 Å². The van der Waals surface area contributed by atoms with E-state index in [4.69, 9.17) is 12.2 Å². The first kappa shape index (κ1) is 12.6. The number of hydrogen-bond acceptors (Lipinski definition) is 2.